The van der Waals surface area contributed by atoms with Gasteiger partial charge in [0.2, 0.25) is 0 Å². The molecule has 0 atom stereocenters. The second-order valence-electron chi connectivity index (χ2n) is 2.55. The van der Waals surface area contributed by atoms with Crippen LogP contribution in [0.4, 0.5) is 0 Å². The predicted molar refractivity (Wildman–Crippen MR) is 49.7 cm³/mol. The van der Waals surface area contributed by atoms with E-state index in [4.69, 9.17) is 0 Å². The second kappa shape index (κ2) is 3.97. The Bertz CT molecular complexity index is 396. The predicted octanol–water partition coefficient (Wildman–Crippen LogP) is 0.191. The molecule has 6 nitrogen and oxygen atoms in total. The van der Waals surface area contributed by atoms with Crippen LogP contribution in [0.25, 0.3) is 0 Å². The maximum absolute atomic E-state index is 11.4. The van der Waals surface area contributed by atoms with Crippen LogP contribution in [0.5, 0.6) is 0 Å². The molecule has 0 aromatic carbocycles. The van der Waals surface area contributed by atoms with E-state index in [1.54, 1.807) is 12.3 Å². The molecular weight excluding hydrogens is 202 g/mol. The molecule has 0 aliphatic carbocycles. The highest BCUT2D eigenvalue weighted by molar-refractivity contribution is 7.07. The van der Waals surface area contributed by atoms with Gasteiger partial charge in [-0.15, -0.1) is 5.10 Å². The summed E-state index contributed by atoms with van der Waals surface area (Å²) in [7, 11) is 0. The quantitative estimate of drug-likeness (QED) is 0.755. The third kappa shape index (κ3) is 1.94. The molecule has 0 fully saturated rings. The summed E-state index contributed by atoms with van der Waals surface area (Å²) in [5, 5.41) is 12.8. The largest absolute Gasteiger partial charge is 0.346 e. The number of nitrogens with zero attached hydrogens (tertiary/aromatic N) is 3. The van der Waals surface area contributed by atoms with Crippen molar-refractivity contribution in [2.24, 2.45) is 0 Å². The summed E-state index contributed by atoms with van der Waals surface area (Å²) in [6.45, 7) is 0.427. The van der Waals surface area contributed by atoms with Crippen molar-refractivity contribution in [2.45, 2.75) is 6.54 Å². The first-order chi connectivity index (χ1) is 6.86. The molecule has 2 rings (SSSR count). The number of H-pyrrole nitrogens is 1. The van der Waals surface area contributed by atoms with Crippen molar-refractivity contribution in [2.75, 3.05) is 0 Å². The summed E-state index contributed by atoms with van der Waals surface area (Å²) < 4.78 is 3.60. The number of aromatic amines is 1. The van der Waals surface area contributed by atoms with Crippen LogP contribution in [0.1, 0.15) is 15.4 Å². The highest BCUT2D eigenvalue weighted by Crippen LogP contribution is 2.01. The zero-order valence-electron chi connectivity index (χ0n) is 7.10. The highest BCUT2D eigenvalue weighted by atomic mass is 32.1. The zero-order valence-corrected chi connectivity index (χ0v) is 7.91. The fraction of sp³-hybridized carbons (Fsp3) is 0.143. The molecule has 14 heavy (non-hydrogen) atoms. The summed E-state index contributed by atoms with van der Waals surface area (Å²) in [5.74, 6) is -0.172. The average Bonchev–Trinajstić information content (AvgIpc) is 2.87. The number of amides is 1. The number of hydrogen-bond donors (Lipinski definition) is 2. The fourth-order valence-corrected chi connectivity index (χ4v) is 1.34. The standard InChI is InChI=1S/C7H7N5OS/c13-7(6-4-10-12-14-6)8-3-5-1-2-9-11-5/h1-2,4H,3H2,(H,8,13)(H,9,11). The number of hydrogen-bond acceptors (Lipinski definition) is 5. The van der Waals surface area contributed by atoms with Gasteiger partial charge in [0.1, 0.15) is 4.88 Å². The molecule has 2 N–H and O–H groups in total. The molecule has 0 spiro atoms. The number of carbonyl (C=O) groups is 1. The second-order valence-corrected chi connectivity index (χ2v) is 3.33. The Kier molecular flexibility index (Phi) is 2.50. The van der Waals surface area contributed by atoms with Gasteiger partial charge in [0.15, 0.2) is 0 Å². The van der Waals surface area contributed by atoms with Gasteiger partial charge in [0, 0.05) is 6.20 Å². The van der Waals surface area contributed by atoms with Crippen LogP contribution in [0.15, 0.2) is 18.5 Å². The number of aromatic nitrogens is 4. The molecule has 2 aromatic rings. The minimum atomic E-state index is -0.172. The zero-order chi connectivity index (χ0) is 9.80. The van der Waals surface area contributed by atoms with Gasteiger partial charge in [-0.1, -0.05) is 4.49 Å². The Morgan fingerprint density at radius 2 is 2.57 bits per heavy atom. The fourth-order valence-electron chi connectivity index (χ4n) is 0.913. The molecule has 2 aromatic heterocycles. The van der Waals surface area contributed by atoms with Crippen molar-refractivity contribution in [3.8, 4) is 0 Å². The van der Waals surface area contributed by atoms with Gasteiger partial charge in [-0.3, -0.25) is 9.89 Å². The lowest BCUT2D eigenvalue weighted by atomic mass is 10.4. The summed E-state index contributed by atoms with van der Waals surface area (Å²) in [6, 6.07) is 1.80. The van der Waals surface area contributed by atoms with E-state index >= 15 is 0 Å². The van der Waals surface area contributed by atoms with Crippen LogP contribution >= 0.6 is 11.5 Å². The summed E-state index contributed by atoms with van der Waals surface area (Å²) in [4.78, 5) is 11.9. The van der Waals surface area contributed by atoms with E-state index in [0.717, 1.165) is 17.2 Å². The Morgan fingerprint density at radius 1 is 1.64 bits per heavy atom. The van der Waals surface area contributed by atoms with Crippen LogP contribution in [-0.4, -0.2) is 25.7 Å². The van der Waals surface area contributed by atoms with Gasteiger partial charge in [-0.05, 0) is 17.6 Å². The maximum Gasteiger partial charge on any atom is 0.264 e. The van der Waals surface area contributed by atoms with E-state index in [-0.39, 0.29) is 5.91 Å². The Balaban J connectivity index is 1.90. The van der Waals surface area contributed by atoms with Crippen LogP contribution in [0, 0.1) is 0 Å². The third-order valence-corrected chi connectivity index (χ3v) is 2.25. The van der Waals surface area contributed by atoms with Crippen LogP contribution < -0.4 is 5.32 Å². The Morgan fingerprint density at radius 3 is 3.21 bits per heavy atom. The molecule has 0 unspecified atom stereocenters. The van der Waals surface area contributed by atoms with E-state index in [1.807, 2.05) is 0 Å². The van der Waals surface area contributed by atoms with E-state index in [0.29, 0.717) is 11.4 Å². The van der Waals surface area contributed by atoms with Crippen molar-refractivity contribution >= 4 is 17.4 Å². The van der Waals surface area contributed by atoms with Crippen molar-refractivity contribution in [3.63, 3.8) is 0 Å². The molecule has 72 valence electrons. The molecule has 0 saturated heterocycles. The van der Waals surface area contributed by atoms with Crippen LogP contribution in [0.2, 0.25) is 0 Å². The molecule has 7 heteroatoms. The maximum atomic E-state index is 11.4. The van der Waals surface area contributed by atoms with Gasteiger partial charge in [-0.25, -0.2) is 0 Å². The lowest BCUT2D eigenvalue weighted by molar-refractivity contribution is 0.0954. The number of nitrogens with one attached hydrogen (secondary N) is 2. The normalized spacial score (nSPS) is 10.0. The third-order valence-electron chi connectivity index (χ3n) is 1.58. The molecule has 1 amide bonds. The molecule has 0 bridgehead atoms. The molecule has 0 radical (unpaired) electrons. The topological polar surface area (TPSA) is 83.6 Å². The lowest BCUT2D eigenvalue weighted by Gasteiger charge is -1.99. The number of carbonyl (C=O) groups excluding carboxylic acids is 1. The molecular formula is C7H7N5OS. The summed E-state index contributed by atoms with van der Waals surface area (Å²) >= 11 is 1.07. The Labute approximate surface area is 83.5 Å². The first-order valence-electron chi connectivity index (χ1n) is 3.90. The van der Waals surface area contributed by atoms with Gasteiger partial charge in [-0.2, -0.15) is 5.10 Å². The van der Waals surface area contributed by atoms with Crippen molar-refractivity contribution in [1.29, 1.82) is 0 Å². The SMILES string of the molecule is O=C(NCc1ccn[nH]1)c1cnns1. The van der Waals surface area contributed by atoms with Crippen molar-refractivity contribution < 1.29 is 4.79 Å². The van der Waals surface area contributed by atoms with Crippen LogP contribution in [0.3, 0.4) is 0 Å². The van der Waals surface area contributed by atoms with E-state index < -0.39 is 0 Å². The molecule has 0 saturated carbocycles. The monoisotopic (exact) mass is 209 g/mol. The first kappa shape index (κ1) is 8.82. The van der Waals surface area contributed by atoms with Crippen LogP contribution in [-0.2, 0) is 6.54 Å². The van der Waals surface area contributed by atoms with Crippen molar-refractivity contribution in [3.05, 3.63) is 29.0 Å². The molecule has 0 aliphatic rings. The Hall–Kier alpha value is -1.76. The molecule has 0 aliphatic heterocycles. The van der Waals surface area contributed by atoms with E-state index in [1.165, 1.54) is 6.20 Å². The number of rotatable bonds is 3. The molecule has 2 heterocycles. The minimum absolute atomic E-state index is 0.172. The van der Waals surface area contributed by atoms with E-state index in [2.05, 4.69) is 25.1 Å². The average molecular weight is 209 g/mol. The first-order valence-corrected chi connectivity index (χ1v) is 4.67. The summed E-state index contributed by atoms with van der Waals surface area (Å²) in [6.07, 6.45) is 3.07. The van der Waals surface area contributed by atoms with Gasteiger partial charge >= 0.3 is 0 Å². The van der Waals surface area contributed by atoms with Gasteiger partial charge in [0.25, 0.3) is 5.91 Å². The van der Waals surface area contributed by atoms with Crippen molar-refractivity contribution in [1.82, 2.24) is 25.1 Å². The highest BCUT2D eigenvalue weighted by Gasteiger charge is 2.07. The summed E-state index contributed by atoms with van der Waals surface area (Å²) in [5.41, 5.74) is 0.857. The minimum Gasteiger partial charge on any atom is -0.346 e. The smallest absolute Gasteiger partial charge is 0.264 e. The van der Waals surface area contributed by atoms with E-state index in [9.17, 15) is 4.79 Å². The van der Waals surface area contributed by atoms with Gasteiger partial charge in [0.05, 0.1) is 18.4 Å². The van der Waals surface area contributed by atoms with Gasteiger partial charge < -0.3 is 5.32 Å². The lowest BCUT2D eigenvalue weighted by Crippen LogP contribution is -2.21.